The van der Waals surface area contributed by atoms with Crippen molar-refractivity contribution >= 4 is 23.3 Å². The second-order valence-corrected chi connectivity index (χ2v) is 5.25. The molecule has 3 rings (SSSR count). The van der Waals surface area contributed by atoms with E-state index in [1.165, 1.54) is 19.3 Å². The van der Waals surface area contributed by atoms with Crippen LogP contribution < -0.4 is 4.74 Å². The zero-order chi connectivity index (χ0) is 16.1. The number of rotatable bonds is 7. The van der Waals surface area contributed by atoms with Crippen LogP contribution in [-0.2, 0) is 4.79 Å². The highest BCUT2D eigenvalue weighted by Crippen LogP contribution is 2.17. The minimum atomic E-state index is -0.466. The Hall–Kier alpha value is -2.70. The van der Waals surface area contributed by atoms with Crippen LogP contribution in [0.5, 0.6) is 5.75 Å². The first-order valence-electron chi connectivity index (χ1n) is 7.72. The molecule has 23 heavy (non-hydrogen) atoms. The van der Waals surface area contributed by atoms with E-state index >= 15 is 0 Å². The van der Waals surface area contributed by atoms with Gasteiger partial charge in [0, 0.05) is 5.56 Å². The van der Waals surface area contributed by atoms with E-state index in [-0.39, 0.29) is 11.5 Å². The molecule has 0 saturated carbocycles. The molecule has 1 amide bonds. The van der Waals surface area contributed by atoms with Crippen molar-refractivity contribution in [1.82, 2.24) is 0 Å². The van der Waals surface area contributed by atoms with Crippen molar-refractivity contribution in [2.24, 2.45) is 25.4 Å². The maximum Gasteiger partial charge on any atom is 0.303 e. The molecule has 0 spiro atoms. The summed E-state index contributed by atoms with van der Waals surface area (Å²) in [7, 11) is 0. The molecule has 0 atom stereocenters. The summed E-state index contributed by atoms with van der Waals surface area (Å²) in [6.07, 6.45) is 4.68. The van der Waals surface area contributed by atoms with E-state index in [0.29, 0.717) is 12.4 Å². The lowest BCUT2D eigenvalue weighted by Gasteiger charge is -2.09. The van der Waals surface area contributed by atoms with Crippen molar-refractivity contribution in [3.63, 3.8) is 0 Å². The zero-order valence-corrected chi connectivity index (χ0v) is 12.9. The van der Waals surface area contributed by atoms with Gasteiger partial charge >= 0.3 is 5.91 Å². The van der Waals surface area contributed by atoms with Crippen molar-refractivity contribution in [1.29, 1.82) is 0 Å². The van der Waals surface area contributed by atoms with Crippen molar-refractivity contribution in [2.45, 2.75) is 32.6 Å². The molecule has 0 aromatic heterocycles. The van der Waals surface area contributed by atoms with E-state index in [2.05, 4.69) is 32.3 Å². The molecule has 0 unspecified atom stereocenters. The summed E-state index contributed by atoms with van der Waals surface area (Å²) in [6.45, 7) is 2.89. The number of amides is 1. The number of unbranched alkanes of at least 4 members (excludes halogenated alkanes) is 3. The SMILES string of the molecule is CCCCCCOc1ccc(C2=NC(=O)C3=NN=NC3=N2)cc1. The third-order valence-electron chi connectivity index (χ3n) is 3.50. The number of hydrogen-bond acceptors (Lipinski definition) is 6. The van der Waals surface area contributed by atoms with E-state index in [0.717, 1.165) is 17.7 Å². The van der Waals surface area contributed by atoms with Crippen LogP contribution in [0.2, 0.25) is 0 Å². The molecule has 0 aliphatic carbocycles. The average molecular weight is 311 g/mol. The lowest BCUT2D eigenvalue weighted by atomic mass is 10.1. The first-order valence-corrected chi connectivity index (χ1v) is 7.72. The van der Waals surface area contributed by atoms with Crippen LogP contribution in [0.4, 0.5) is 0 Å². The lowest BCUT2D eigenvalue weighted by molar-refractivity contribution is -0.111. The Balaban J connectivity index is 1.63. The smallest absolute Gasteiger partial charge is 0.303 e. The summed E-state index contributed by atoms with van der Waals surface area (Å²) in [6, 6.07) is 7.35. The average Bonchev–Trinajstić information content (AvgIpc) is 3.04. The summed E-state index contributed by atoms with van der Waals surface area (Å²) >= 11 is 0. The van der Waals surface area contributed by atoms with Gasteiger partial charge in [-0.3, -0.25) is 4.79 Å². The van der Waals surface area contributed by atoms with E-state index in [9.17, 15) is 4.79 Å². The lowest BCUT2D eigenvalue weighted by Crippen LogP contribution is -2.25. The first-order chi connectivity index (χ1) is 11.3. The Bertz CT molecular complexity index is 716. The Morgan fingerprint density at radius 2 is 1.83 bits per heavy atom. The number of benzene rings is 1. The third kappa shape index (κ3) is 3.56. The van der Waals surface area contributed by atoms with Gasteiger partial charge in [0.15, 0.2) is 5.84 Å². The van der Waals surface area contributed by atoms with Gasteiger partial charge in [0.25, 0.3) is 0 Å². The molecule has 7 nitrogen and oxygen atoms in total. The number of nitrogens with zero attached hydrogens (tertiary/aromatic N) is 5. The monoisotopic (exact) mass is 311 g/mol. The maximum absolute atomic E-state index is 11.8. The van der Waals surface area contributed by atoms with E-state index < -0.39 is 5.91 Å². The molecule has 2 aliphatic rings. The molecule has 0 radical (unpaired) electrons. The van der Waals surface area contributed by atoms with Crippen LogP contribution in [0, 0.1) is 0 Å². The summed E-state index contributed by atoms with van der Waals surface area (Å²) in [5, 5.41) is 10.8. The van der Waals surface area contributed by atoms with E-state index in [1.54, 1.807) is 0 Å². The molecule has 2 heterocycles. The number of aliphatic imine (C=N–C) groups is 2. The summed E-state index contributed by atoms with van der Waals surface area (Å²) in [5.41, 5.74) is 0.825. The fourth-order valence-electron chi connectivity index (χ4n) is 2.24. The van der Waals surface area contributed by atoms with Crippen LogP contribution in [0.3, 0.4) is 0 Å². The topological polar surface area (TPSA) is 88.1 Å². The van der Waals surface area contributed by atoms with Crippen LogP contribution in [0.25, 0.3) is 0 Å². The Labute approximate surface area is 133 Å². The Morgan fingerprint density at radius 1 is 1.00 bits per heavy atom. The van der Waals surface area contributed by atoms with Crippen LogP contribution in [0.15, 0.2) is 49.7 Å². The highest BCUT2D eigenvalue weighted by atomic mass is 16.5. The minimum absolute atomic E-state index is 0.0979. The van der Waals surface area contributed by atoms with Crippen LogP contribution >= 0.6 is 0 Å². The number of fused-ring (bicyclic) bond motifs is 1. The highest BCUT2D eigenvalue weighted by Gasteiger charge is 2.27. The molecule has 7 heteroatoms. The summed E-state index contributed by atoms with van der Waals surface area (Å²) in [5.74, 6) is 0.866. The second-order valence-electron chi connectivity index (χ2n) is 5.25. The predicted octanol–water partition coefficient (Wildman–Crippen LogP) is 3.15. The minimum Gasteiger partial charge on any atom is -0.494 e. The molecule has 0 bridgehead atoms. The first kappa shape index (κ1) is 15.2. The molecule has 0 saturated heterocycles. The van der Waals surface area contributed by atoms with Gasteiger partial charge in [-0.15, -0.1) is 10.2 Å². The summed E-state index contributed by atoms with van der Waals surface area (Å²) in [4.78, 5) is 19.9. The number of amidine groups is 2. The van der Waals surface area contributed by atoms with Gasteiger partial charge < -0.3 is 4.74 Å². The van der Waals surface area contributed by atoms with Gasteiger partial charge in [0.1, 0.15) is 5.75 Å². The quantitative estimate of drug-likeness (QED) is 0.724. The molecule has 1 aromatic carbocycles. The second kappa shape index (κ2) is 7.04. The normalized spacial score (nSPS) is 15.9. The largest absolute Gasteiger partial charge is 0.494 e. The van der Waals surface area contributed by atoms with Crippen molar-refractivity contribution < 1.29 is 9.53 Å². The fourth-order valence-corrected chi connectivity index (χ4v) is 2.24. The maximum atomic E-state index is 11.8. The number of carbonyl (C=O) groups excluding carboxylic acids is 1. The van der Waals surface area contributed by atoms with E-state index in [4.69, 9.17) is 4.74 Å². The van der Waals surface area contributed by atoms with E-state index in [1.807, 2.05) is 24.3 Å². The van der Waals surface area contributed by atoms with Crippen LogP contribution in [0.1, 0.15) is 38.2 Å². The van der Waals surface area contributed by atoms with Crippen molar-refractivity contribution in [3.05, 3.63) is 29.8 Å². The third-order valence-corrected chi connectivity index (χ3v) is 3.50. The fraction of sp³-hybridized carbons (Fsp3) is 0.375. The van der Waals surface area contributed by atoms with Gasteiger partial charge in [-0.1, -0.05) is 26.2 Å². The zero-order valence-electron chi connectivity index (χ0n) is 12.9. The van der Waals surface area contributed by atoms with Gasteiger partial charge in [0.2, 0.25) is 11.5 Å². The van der Waals surface area contributed by atoms with Gasteiger partial charge in [-0.05, 0) is 35.9 Å². The number of ether oxygens (including phenoxy) is 1. The molecule has 118 valence electrons. The predicted molar refractivity (Wildman–Crippen MR) is 87.3 cm³/mol. The van der Waals surface area contributed by atoms with Crippen molar-refractivity contribution in [3.8, 4) is 5.75 Å². The standard InChI is InChI=1S/C16H17N5O2/c1-2-3-4-5-10-23-12-8-6-11(7-9-12)14-17-15-13(16(22)18-14)19-21-20-15/h6-9H,2-5,10H2,1H3. The van der Waals surface area contributed by atoms with Crippen molar-refractivity contribution in [2.75, 3.05) is 6.61 Å². The number of carbonyl (C=O) groups is 1. The molecular weight excluding hydrogens is 294 g/mol. The molecule has 0 fully saturated rings. The van der Waals surface area contributed by atoms with Gasteiger partial charge in [-0.25, -0.2) is 4.99 Å². The number of hydrogen-bond donors (Lipinski definition) is 0. The highest BCUT2D eigenvalue weighted by molar-refractivity contribution is 6.69. The van der Waals surface area contributed by atoms with Gasteiger partial charge in [-0.2, -0.15) is 4.99 Å². The Morgan fingerprint density at radius 3 is 2.61 bits per heavy atom. The molecular formula is C16H17N5O2. The Kier molecular flexibility index (Phi) is 4.65. The van der Waals surface area contributed by atoms with Gasteiger partial charge in [0.05, 0.1) is 6.61 Å². The molecule has 0 N–H and O–H groups in total. The van der Waals surface area contributed by atoms with Crippen LogP contribution in [-0.4, -0.2) is 29.9 Å². The summed E-state index contributed by atoms with van der Waals surface area (Å²) < 4.78 is 5.69. The molecule has 2 aliphatic heterocycles. The molecule has 1 aromatic rings.